The lowest BCUT2D eigenvalue weighted by Crippen LogP contribution is -2.35. The molecule has 0 heterocycles. The predicted octanol–water partition coefficient (Wildman–Crippen LogP) is 2.89. The Labute approximate surface area is 122 Å². The number of ether oxygens (including phenoxy) is 2. The standard InChI is InChI=1S/C14H20BrNO3/c1-4-18-13(19-5-2)9-16-14(17)11-6-10(3)7-12(15)8-11/h6-8,13H,4-5,9H2,1-3H3,(H,16,17). The first kappa shape index (κ1) is 16.1. The third-order valence-electron chi connectivity index (χ3n) is 2.44. The maximum absolute atomic E-state index is 12.0. The molecule has 0 saturated heterocycles. The number of hydrogen-bond acceptors (Lipinski definition) is 3. The molecule has 0 radical (unpaired) electrons. The molecular weight excluding hydrogens is 310 g/mol. The van der Waals surface area contributed by atoms with Crippen LogP contribution < -0.4 is 5.32 Å². The fourth-order valence-corrected chi connectivity index (χ4v) is 2.29. The van der Waals surface area contributed by atoms with Gasteiger partial charge in [0.1, 0.15) is 0 Å². The van der Waals surface area contributed by atoms with Gasteiger partial charge in [0, 0.05) is 23.2 Å². The van der Waals surface area contributed by atoms with Crippen LogP contribution in [0.4, 0.5) is 0 Å². The molecule has 0 unspecified atom stereocenters. The van der Waals surface area contributed by atoms with Gasteiger partial charge in [0.15, 0.2) is 6.29 Å². The SMILES string of the molecule is CCOC(CNC(=O)c1cc(C)cc(Br)c1)OCC. The summed E-state index contributed by atoms with van der Waals surface area (Å²) in [5, 5.41) is 2.81. The van der Waals surface area contributed by atoms with Crippen LogP contribution in [0.1, 0.15) is 29.8 Å². The van der Waals surface area contributed by atoms with E-state index in [2.05, 4.69) is 21.2 Å². The Morgan fingerprint density at radius 1 is 1.26 bits per heavy atom. The van der Waals surface area contributed by atoms with Gasteiger partial charge in [-0.15, -0.1) is 0 Å². The molecular formula is C14H20BrNO3. The first-order valence-electron chi connectivity index (χ1n) is 6.35. The van der Waals surface area contributed by atoms with E-state index in [4.69, 9.17) is 9.47 Å². The molecule has 1 N–H and O–H groups in total. The van der Waals surface area contributed by atoms with Crippen LogP contribution in [0.2, 0.25) is 0 Å². The lowest BCUT2D eigenvalue weighted by Gasteiger charge is -2.17. The lowest BCUT2D eigenvalue weighted by atomic mass is 10.1. The number of hydrogen-bond donors (Lipinski definition) is 1. The number of halogens is 1. The van der Waals surface area contributed by atoms with E-state index in [0.717, 1.165) is 10.0 Å². The van der Waals surface area contributed by atoms with Crippen LogP contribution in [0.3, 0.4) is 0 Å². The summed E-state index contributed by atoms with van der Waals surface area (Å²) in [7, 11) is 0. The van der Waals surface area contributed by atoms with E-state index in [-0.39, 0.29) is 5.91 Å². The van der Waals surface area contributed by atoms with Gasteiger partial charge in [0.05, 0.1) is 6.54 Å². The molecule has 0 aliphatic heterocycles. The Bertz CT molecular complexity index is 397. The number of rotatable bonds is 7. The zero-order valence-corrected chi connectivity index (χ0v) is 13.1. The van der Waals surface area contributed by atoms with Gasteiger partial charge >= 0.3 is 0 Å². The van der Waals surface area contributed by atoms with Gasteiger partial charge in [-0.1, -0.05) is 15.9 Å². The van der Waals surface area contributed by atoms with Crippen molar-refractivity contribution in [1.29, 1.82) is 0 Å². The van der Waals surface area contributed by atoms with Crippen LogP contribution in [0.25, 0.3) is 0 Å². The van der Waals surface area contributed by atoms with Gasteiger partial charge in [-0.25, -0.2) is 0 Å². The number of carbonyl (C=O) groups excluding carboxylic acids is 1. The van der Waals surface area contributed by atoms with E-state index in [9.17, 15) is 4.79 Å². The molecule has 0 aliphatic rings. The summed E-state index contributed by atoms with van der Waals surface area (Å²) in [6.45, 7) is 7.18. The molecule has 0 bridgehead atoms. The smallest absolute Gasteiger partial charge is 0.251 e. The van der Waals surface area contributed by atoms with Crippen molar-refractivity contribution in [1.82, 2.24) is 5.32 Å². The zero-order valence-electron chi connectivity index (χ0n) is 11.5. The fraction of sp³-hybridized carbons (Fsp3) is 0.500. The lowest BCUT2D eigenvalue weighted by molar-refractivity contribution is -0.131. The molecule has 5 heteroatoms. The van der Waals surface area contributed by atoms with E-state index in [0.29, 0.717) is 25.3 Å². The molecule has 19 heavy (non-hydrogen) atoms. The molecule has 0 aromatic heterocycles. The van der Waals surface area contributed by atoms with Gasteiger partial charge < -0.3 is 14.8 Å². The molecule has 0 aliphatic carbocycles. The van der Waals surface area contributed by atoms with Crippen molar-refractivity contribution in [3.63, 3.8) is 0 Å². The van der Waals surface area contributed by atoms with Crippen LogP contribution in [0.15, 0.2) is 22.7 Å². The van der Waals surface area contributed by atoms with Gasteiger partial charge in [-0.05, 0) is 44.5 Å². The molecule has 1 amide bonds. The summed E-state index contributed by atoms with van der Waals surface area (Å²) in [6, 6.07) is 5.59. The Balaban J connectivity index is 2.58. The summed E-state index contributed by atoms with van der Waals surface area (Å²) in [6.07, 6.45) is -0.396. The molecule has 0 fully saturated rings. The summed E-state index contributed by atoms with van der Waals surface area (Å²) in [5.74, 6) is -0.131. The predicted molar refractivity (Wildman–Crippen MR) is 78.3 cm³/mol. The Morgan fingerprint density at radius 3 is 2.42 bits per heavy atom. The van der Waals surface area contributed by atoms with Crippen LogP contribution in [-0.4, -0.2) is 32.0 Å². The minimum absolute atomic E-state index is 0.131. The highest BCUT2D eigenvalue weighted by Gasteiger charge is 2.12. The quantitative estimate of drug-likeness (QED) is 0.782. The normalized spacial score (nSPS) is 10.8. The fourth-order valence-electron chi connectivity index (χ4n) is 1.68. The molecule has 4 nitrogen and oxygen atoms in total. The van der Waals surface area contributed by atoms with Crippen molar-refractivity contribution >= 4 is 21.8 Å². The average Bonchev–Trinajstić information content (AvgIpc) is 2.35. The van der Waals surface area contributed by atoms with Crippen molar-refractivity contribution in [3.8, 4) is 0 Å². The Morgan fingerprint density at radius 2 is 1.89 bits per heavy atom. The van der Waals surface area contributed by atoms with Crippen molar-refractivity contribution in [2.24, 2.45) is 0 Å². The first-order valence-corrected chi connectivity index (χ1v) is 7.14. The highest BCUT2D eigenvalue weighted by molar-refractivity contribution is 9.10. The highest BCUT2D eigenvalue weighted by atomic mass is 79.9. The van der Waals surface area contributed by atoms with Crippen molar-refractivity contribution in [3.05, 3.63) is 33.8 Å². The minimum atomic E-state index is -0.396. The second-order valence-electron chi connectivity index (χ2n) is 4.07. The van der Waals surface area contributed by atoms with Crippen molar-refractivity contribution < 1.29 is 14.3 Å². The maximum atomic E-state index is 12.0. The largest absolute Gasteiger partial charge is 0.351 e. The maximum Gasteiger partial charge on any atom is 0.251 e. The first-order chi connectivity index (χ1) is 9.06. The number of carbonyl (C=O) groups is 1. The Hall–Kier alpha value is -0.910. The van der Waals surface area contributed by atoms with Crippen LogP contribution in [0.5, 0.6) is 0 Å². The Kier molecular flexibility index (Phi) is 7.05. The highest BCUT2D eigenvalue weighted by Crippen LogP contribution is 2.15. The number of amides is 1. The third kappa shape index (κ3) is 5.72. The number of aryl methyl sites for hydroxylation is 1. The van der Waals surface area contributed by atoms with E-state index < -0.39 is 6.29 Å². The van der Waals surface area contributed by atoms with E-state index in [1.807, 2.05) is 32.9 Å². The monoisotopic (exact) mass is 329 g/mol. The second kappa shape index (κ2) is 8.30. The molecule has 106 valence electrons. The van der Waals surface area contributed by atoms with Crippen molar-refractivity contribution in [2.45, 2.75) is 27.1 Å². The van der Waals surface area contributed by atoms with Gasteiger partial charge in [0.25, 0.3) is 5.91 Å². The van der Waals surface area contributed by atoms with E-state index >= 15 is 0 Å². The molecule has 1 aromatic carbocycles. The summed E-state index contributed by atoms with van der Waals surface area (Å²) < 4.78 is 11.6. The van der Waals surface area contributed by atoms with E-state index in [1.165, 1.54) is 0 Å². The molecule has 0 saturated carbocycles. The number of nitrogens with one attached hydrogen (secondary N) is 1. The van der Waals surface area contributed by atoms with Crippen molar-refractivity contribution in [2.75, 3.05) is 19.8 Å². The molecule has 0 atom stereocenters. The topological polar surface area (TPSA) is 47.6 Å². The summed E-state index contributed by atoms with van der Waals surface area (Å²) >= 11 is 3.38. The third-order valence-corrected chi connectivity index (χ3v) is 2.90. The van der Waals surface area contributed by atoms with Gasteiger partial charge in [-0.3, -0.25) is 4.79 Å². The van der Waals surface area contributed by atoms with E-state index in [1.54, 1.807) is 6.07 Å². The second-order valence-corrected chi connectivity index (χ2v) is 4.98. The zero-order chi connectivity index (χ0) is 14.3. The average molecular weight is 330 g/mol. The molecule has 0 spiro atoms. The summed E-state index contributed by atoms with van der Waals surface area (Å²) in [4.78, 5) is 12.0. The summed E-state index contributed by atoms with van der Waals surface area (Å²) in [5.41, 5.74) is 1.66. The minimum Gasteiger partial charge on any atom is -0.351 e. The van der Waals surface area contributed by atoms with Crippen LogP contribution in [-0.2, 0) is 9.47 Å². The number of benzene rings is 1. The van der Waals surface area contributed by atoms with Crippen LogP contribution in [0, 0.1) is 6.92 Å². The van der Waals surface area contributed by atoms with Crippen LogP contribution >= 0.6 is 15.9 Å². The van der Waals surface area contributed by atoms with Gasteiger partial charge in [-0.2, -0.15) is 0 Å². The molecule has 1 rings (SSSR count). The molecule has 1 aromatic rings. The van der Waals surface area contributed by atoms with Gasteiger partial charge in [0.2, 0.25) is 0 Å².